The highest BCUT2D eigenvalue weighted by molar-refractivity contribution is 7.11. The predicted octanol–water partition coefficient (Wildman–Crippen LogP) is 1.83. The van der Waals surface area contributed by atoms with E-state index >= 15 is 0 Å². The van der Waals surface area contributed by atoms with E-state index in [2.05, 4.69) is 14.3 Å². The molecule has 0 saturated carbocycles. The van der Waals surface area contributed by atoms with Gasteiger partial charge in [0.15, 0.2) is 0 Å². The van der Waals surface area contributed by atoms with Gasteiger partial charge < -0.3 is 15.5 Å². The summed E-state index contributed by atoms with van der Waals surface area (Å²) in [7, 11) is 1.84. The SMILES string of the molecule is Cc1nc(-c2c(N)nsc2N2CCCN(C)C(=O)C2)cs1. The molecule has 8 heteroatoms. The Bertz CT molecular complexity index is 665. The van der Waals surface area contributed by atoms with Gasteiger partial charge in [-0.25, -0.2) is 4.98 Å². The second-order valence-electron chi connectivity index (χ2n) is 5.09. The summed E-state index contributed by atoms with van der Waals surface area (Å²) in [4.78, 5) is 20.4. The van der Waals surface area contributed by atoms with Gasteiger partial charge in [0.2, 0.25) is 5.91 Å². The zero-order chi connectivity index (χ0) is 15.0. The number of hydrogen-bond acceptors (Lipinski definition) is 7. The number of aromatic nitrogens is 2. The number of rotatable bonds is 2. The minimum absolute atomic E-state index is 0.125. The molecular weight excluding hydrogens is 306 g/mol. The minimum Gasteiger partial charge on any atom is -0.382 e. The summed E-state index contributed by atoms with van der Waals surface area (Å²) < 4.78 is 4.27. The molecule has 0 atom stereocenters. The summed E-state index contributed by atoms with van der Waals surface area (Å²) in [6.07, 6.45) is 0.940. The quantitative estimate of drug-likeness (QED) is 0.912. The predicted molar refractivity (Wildman–Crippen MR) is 86.8 cm³/mol. The lowest BCUT2D eigenvalue weighted by Crippen LogP contribution is -2.34. The zero-order valence-corrected chi connectivity index (χ0v) is 13.6. The molecule has 0 bridgehead atoms. The van der Waals surface area contributed by atoms with Crippen LogP contribution in [0.1, 0.15) is 11.4 Å². The number of thiazole rings is 1. The average Bonchev–Trinajstić information content (AvgIpc) is 2.98. The Kier molecular flexibility index (Phi) is 3.81. The van der Waals surface area contributed by atoms with Gasteiger partial charge in [0.25, 0.3) is 0 Å². The third-order valence-electron chi connectivity index (χ3n) is 3.54. The fraction of sp³-hybridized carbons (Fsp3) is 0.462. The summed E-state index contributed by atoms with van der Waals surface area (Å²) in [5, 5.41) is 3.93. The number of carbonyl (C=O) groups excluding carboxylic acids is 1. The van der Waals surface area contributed by atoms with Crippen molar-refractivity contribution in [2.24, 2.45) is 0 Å². The number of nitrogen functional groups attached to an aromatic ring is 1. The molecule has 0 spiro atoms. The summed E-state index contributed by atoms with van der Waals surface area (Å²) in [6, 6.07) is 0. The fourth-order valence-electron chi connectivity index (χ4n) is 2.39. The maximum atomic E-state index is 12.1. The number of amides is 1. The van der Waals surface area contributed by atoms with Crippen molar-refractivity contribution < 1.29 is 4.79 Å². The van der Waals surface area contributed by atoms with E-state index in [0.717, 1.165) is 40.8 Å². The number of aryl methyl sites for hydroxylation is 1. The summed E-state index contributed by atoms with van der Waals surface area (Å²) in [5.41, 5.74) is 7.75. The van der Waals surface area contributed by atoms with Crippen molar-refractivity contribution in [3.05, 3.63) is 10.4 Å². The topological polar surface area (TPSA) is 75.3 Å². The van der Waals surface area contributed by atoms with Crippen molar-refractivity contribution in [1.29, 1.82) is 0 Å². The lowest BCUT2D eigenvalue weighted by atomic mass is 10.2. The largest absolute Gasteiger partial charge is 0.382 e. The van der Waals surface area contributed by atoms with Crippen molar-refractivity contribution in [2.75, 3.05) is 37.3 Å². The Hall–Kier alpha value is -1.67. The molecule has 1 amide bonds. The third-order valence-corrected chi connectivity index (χ3v) is 5.23. The molecule has 2 aromatic heterocycles. The molecular formula is C13H17N5OS2. The standard InChI is InChI=1S/C13H17N5OS2/c1-8-15-9(7-20-8)11-12(14)16-21-13(11)18-5-3-4-17(2)10(19)6-18/h7H,3-6H2,1-2H3,(H2,14,16). The van der Waals surface area contributed by atoms with Gasteiger partial charge in [0.05, 0.1) is 22.8 Å². The lowest BCUT2D eigenvalue weighted by molar-refractivity contribution is -0.127. The van der Waals surface area contributed by atoms with Crippen LogP contribution in [0.5, 0.6) is 0 Å². The van der Waals surface area contributed by atoms with Crippen molar-refractivity contribution in [3.8, 4) is 11.3 Å². The van der Waals surface area contributed by atoms with E-state index in [1.54, 1.807) is 16.2 Å². The summed E-state index contributed by atoms with van der Waals surface area (Å²) in [5.74, 6) is 0.616. The first-order valence-corrected chi connectivity index (χ1v) is 8.38. The maximum Gasteiger partial charge on any atom is 0.241 e. The third kappa shape index (κ3) is 2.73. The molecule has 3 heterocycles. The van der Waals surface area contributed by atoms with Crippen LogP contribution in [-0.4, -0.2) is 46.8 Å². The Labute approximate surface area is 131 Å². The number of hydrogen-bond donors (Lipinski definition) is 1. The van der Waals surface area contributed by atoms with Crippen molar-refractivity contribution in [2.45, 2.75) is 13.3 Å². The lowest BCUT2D eigenvalue weighted by Gasteiger charge is -2.20. The van der Waals surface area contributed by atoms with Crippen LogP contribution in [0, 0.1) is 6.92 Å². The number of nitrogens with two attached hydrogens (primary N) is 1. The highest BCUT2D eigenvalue weighted by atomic mass is 32.1. The average molecular weight is 323 g/mol. The van der Waals surface area contributed by atoms with Gasteiger partial charge in [0.1, 0.15) is 10.8 Å². The Morgan fingerprint density at radius 3 is 2.90 bits per heavy atom. The summed E-state index contributed by atoms with van der Waals surface area (Å²) in [6.45, 7) is 3.95. The van der Waals surface area contributed by atoms with E-state index in [1.807, 2.05) is 19.4 Å². The van der Waals surface area contributed by atoms with Gasteiger partial charge in [-0.1, -0.05) is 0 Å². The van der Waals surface area contributed by atoms with Crippen LogP contribution in [0.4, 0.5) is 10.8 Å². The molecule has 0 aliphatic carbocycles. The Balaban J connectivity index is 1.97. The monoisotopic (exact) mass is 323 g/mol. The van der Waals surface area contributed by atoms with Crippen molar-refractivity contribution >= 4 is 39.6 Å². The second-order valence-corrected chi connectivity index (χ2v) is 6.90. The molecule has 0 aromatic carbocycles. The van der Waals surface area contributed by atoms with Crippen molar-refractivity contribution in [1.82, 2.24) is 14.3 Å². The molecule has 1 aliphatic heterocycles. The van der Waals surface area contributed by atoms with Gasteiger partial charge >= 0.3 is 0 Å². The van der Waals surface area contributed by atoms with E-state index in [-0.39, 0.29) is 5.91 Å². The first-order valence-electron chi connectivity index (χ1n) is 6.73. The summed E-state index contributed by atoms with van der Waals surface area (Å²) >= 11 is 2.93. The normalized spacial score (nSPS) is 16.4. The van der Waals surface area contributed by atoms with Gasteiger partial charge in [-0.05, 0) is 24.9 Å². The number of likely N-dealkylation sites (N-methyl/N-ethyl adjacent to an activating group) is 1. The number of carbonyl (C=O) groups is 1. The minimum atomic E-state index is 0.125. The first kappa shape index (κ1) is 14.3. The van der Waals surface area contributed by atoms with Crippen LogP contribution in [0.25, 0.3) is 11.3 Å². The maximum absolute atomic E-state index is 12.1. The van der Waals surface area contributed by atoms with E-state index in [0.29, 0.717) is 12.4 Å². The zero-order valence-electron chi connectivity index (χ0n) is 12.0. The van der Waals surface area contributed by atoms with Gasteiger partial charge in [-0.15, -0.1) is 11.3 Å². The van der Waals surface area contributed by atoms with E-state index in [9.17, 15) is 4.79 Å². The van der Waals surface area contributed by atoms with Crippen LogP contribution in [-0.2, 0) is 4.79 Å². The molecule has 2 N–H and O–H groups in total. The molecule has 2 aromatic rings. The number of anilines is 2. The van der Waals surface area contributed by atoms with Crippen LogP contribution in [0.3, 0.4) is 0 Å². The molecule has 6 nitrogen and oxygen atoms in total. The molecule has 3 rings (SSSR count). The molecule has 1 saturated heterocycles. The van der Waals surface area contributed by atoms with Crippen LogP contribution in [0.15, 0.2) is 5.38 Å². The first-order chi connectivity index (χ1) is 10.1. The molecule has 1 aliphatic rings. The van der Waals surface area contributed by atoms with Crippen LogP contribution in [0.2, 0.25) is 0 Å². The van der Waals surface area contributed by atoms with Crippen molar-refractivity contribution in [3.63, 3.8) is 0 Å². The van der Waals surface area contributed by atoms with E-state index in [4.69, 9.17) is 5.73 Å². The molecule has 0 unspecified atom stereocenters. The Morgan fingerprint density at radius 1 is 1.38 bits per heavy atom. The smallest absolute Gasteiger partial charge is 0.241 e. The molecule has 0 radical (unpaired) electrons. The molecule has 1 fully saturated rings. The van der Waals surface area contributed by atoms with E-state index in [1.165, 1.54) is 11.5 Å². The van der Waals surface area contributed by atoms with E-state index < -0.39 is 0 Å². The molecule has 112 valence electrons. The van der Waals surface area contributed by atoms with Crippen LogP contribution < -0.4 is 10.6 Å². The highest BCUT2D eigenvalue weighted by Crippen LogP contribution is 2.39. The van der Waals surface area contributed by atoms with Gasteiger partial charge in [0, 0.05) is 25.5 Å². The highest BCUT2D eigenvalue weighted by Gasteiger charge is 2.25. The van der Waals surface area contributed by atoms with Gasteiger partial charge in [-0.2, -0.15) is 4.37 Å². The number of nitrogens with zero attached hydrogens (tertiary/aromatic N) is 4. The fourth-order valence-corrected chi connectivity index (χ4v) is 3.84. The Morgan fingerprint density at radius 2 is 2.19 bits per heavy atom. The molecule has 21 heavy (non-hydrogen) atoms. The van der Waals surface area contributed by atoms with Gasteiger partial charge in [-0.3, -0.25) is 4.79 Å². The van der Waals surface area contributed by atoms with Crippen LogP contribution >= 0.6 is 22.9 Å². The second kappa shape index (κ2) is 5.61.